The van der Waals surface area contributed by atoms with Crippen LogP contribution >= 0.6 is 0 Å². The van der Waals surface area contributed by atoms with Gasteiger partial charge in [-0.25, -0.2) is 0 Å². The normalized spacial score (nSPS) is 11.0. The Morgan fingerprint density at radius 2 is 1.89 bits per heavy atom. The maximum atomic E-state index is 12.0. The van der Waals surface area contributed by atoms with Gasteiger partial charge in [-0.3, -0.25) is 9.48 Å². The molecule has 1 aromatic rings. The lowest BCUT2D eigenvalue weighted by molar-refractivity contribution is -0.122. The van der Waals surface area contributed by atoms with Crippen LogP contribution in [0.3, 0.4) is 0 Å². The number of carbonyl (C=O) groups is 1. The Bertz CT molecular complexity index is 421. The first kappa shape index (κ1) is 15.5. The summed E-state index contributed by atoms with van der Waals surface area (Å²) in [6.45, 7) is 8.46. The molecule has 1 aromatic heterocycles. The Morgan fingerprint density at radius 1 is 1.26 bits per heavy atom. The minimum absolute atomic E-state index is 0.00792. The van der Waals surface area contributed by atoms with Crippen molar-refractivity contribution in [1.82, 2.24) is 15.1 Å². The van der Waals surface area contributed by atoms with Crippen LogP contribution in [0.5, 0.6) is 0 Å². The Kier molecular flexibility index (Phi) is 5.86. The SMILES string of the molecule is CCc1nn(CC(=O)NC(CC)CC)c(CC)c1N. The molecule has 0 aliphatic heterocycles. The molecular weight excluding hydrogens is 240 g/mol. The number of anilines is 1. The Balaban J connectivity index is 2.79. The molecule has 0 bridgehead atoms. The average Bonchev–Trinajstić information content (AvgIpc) is 2.71. The van der Waals surface area contributed by atoms with Gasteiger partial charge in [-0.15, -0.1) is 0 Å². The van der Waals surface area contributed by atoms with Gasteiger partial charge in [0.15, 0.2) is 0 Å². The van der Waals surface area contributed by atoms with Gasteiger partial charge < -0.3 is 11.1 Å². The number of amides is 1. The summed E-state index contributed by atoms with van der Waals surface area (Å²) in [6, 6.07) is 0.246. The van der Waals surface area contributed by atoms with Gasteiger partial charge in [-0.1, -0.05) is 27.7 Å². The van der Waals surface area contributed by atoms with Gasteiger partial charge >= 0.3 is 0 Å². The lowest BCUT2D eigenvalue weighted by Crippen LogP contribution is -2.36. The molecule has 0 unspecified atom stereocenters. The summed E-state index contributed by atoms with van der Waals surface area (Å²) < 4.78 is 1.74. The molecule has 0 aliphatic carbocycles. The van der Waals surface area contributed by atoms with Crippen LogP contribution in [-0.2, 0) is 24.2 Å². The largest absolute Gasteiger partial charge is 0.396 e. The quantitative estimate of drug-likeness (QED) is 0.791. The molecule has 3 N–H and O–H groups in total. The molecule has 0 saturated heterocycles. The fourth-order valence-corrected chi connectivity index (χ4v) is 2.23. The van der Waals surface area contributed by atoms with E-state index in [1.807, 2.05) is 13.8 Å². The first-order valence-corrected chi connectivity index (χ1v) is 7.20. The predicted molar refractivity (Wildman–Crippen MR) is 77.9 cm³/mol. The molecule has 5 heteroatoms. The van der Waals surface area contributed by atoms with Gasteiger partial charge in [-0.05, 0) is 25.7 Å². The number of nitrogens with zero attached hydrogens (tertiary/aromatic N) is 2. The second kappa shape index (κ2) is 7.16. The summed E-state index contributed by atoms with van der Waals surface area (Å²) in [5.41, 5.74) is 8.61. The highest BCUT2D eigenvalue weighted by atomic mass is 16.2. The van der Waals surface area contributed by atoms with Crippen molar-refractivity contribution >= 4 is 11.6 Å². The van der Waals surface area contributed by atoms with Crippen LogP contribution in [0.25, 0.3) is 0 Å². The van der Waals surface area contributed by atoms with Crippen molar-refractivity contribution in [3.05, 3.63) is 11.4 Å². The van der Waals surface area contributed by atoms with Crippen molar-refractivity contribution in [1.29, 1.82) is 0 Å². The van der Waals surface area contributed by atoms with E-state index in [2.05, 4.69) is 24.3 Å². The number of hydrogen-bond acceptors (Lipinski definition) is 3. The molecule has 0 atom stereocenters. The molecule has 0 fully saturated rings. The van der Waals surface area contributed by atoms with Crippen LogP contribution in [-0.4, -0.2) is 21.7 Å². The molecule has 1 amide bonds. The van der Waals surface area contributed by atoms with Crippen LogP contribution < -0.4 is 11.1 Å². The zero-order valence-corrected chi connectivity index (χ0v) is 12.5. The fraction of sp³-hybridized carbons (Fsp3) is 0.714. The third-order valence-electron chi connectivity index (χ3n) is 3.49. The van der Waals surface area contributed by atoms with E-state index in [1.54, 1.807) is 4.68 Å². The molecule has 108 valence electrons. The van der Waals surface area contributed by atoms with Gasteiger partial charge in [0.25, 0.3) is 0 Å². The highest BCUT2D eigenvalue weighted by Gasteiger charge is 2.16. The molecule has 1 heterocycles. The number of rotatable bonds is 7. The van der Waals surface area contributed by atoms with Gasteiger partial charge in [0, 0.05) is 6.04 Å². The van der Waals surface area contributed by atoms with Crippen molar-refractivity contribution in [2.24, 2.45) is 0 Å². The van der Waals surface area contributed by atoms with Crippen LogP contribution in [0.2, 0.25) is 0 Å². The van der Waals surface area contributed by atoms with Crippen molar-refractivity contribution in [3.8, 4) is 0 Å². The Labute approximate surface area is 115 Å². The minimum atomic E-state index is 0.00792. The van der Waals surface area contributed by atoms with Crippen molar-refractivity contribution in [2.75, 3.05) is 5.73 Å². The number of nitrogens with two attached hydrogens (primary N) is 1. The maximum absolute atomic E-state index is 12.0. The predicted octanol–water partition coefficient (Wildman–Crippen LogP) is 1.89. The van der Waals surface area contributed by atoms with Gasteiger partial charge in [0.05, 0.1) is 17.1 Å². The standard InChI is InChI=1S/C14H26N4O/c1-5-10(6-2)16-13(19)9-18-12(8-4)14(15)11(7-3)17-18/h10H,5-9,15H2,1-4H3,(H,16,19). The van der Waals surface area contributed by atoms with E-state index in [4.69, 9.17) is 5.73 Å². The summed E-state index contributed by atoms with van der Waals surface area (Å²) in [4.78, 5) is 12.0. The number of carbonyl (C=O) groups excluding carboxylic acids is 1. The first-order chi connectivity index (χ1) is 9.07. The number of aryl methyl sites for hydroxylation is 1. The highest BCUT2D eigenvalue weighted by Crippen LogP contribution is 2.18. The van der Waals surface area contributed by atoms with E-state index < -0.39 is 0 Å². The molecule has 0 aromatic carbocycles. The molecule has 0 radical (unpaired) electrons. The Hall–Kier alpha value is -1.52. The minimum Gasteiger partial charge on any atom is -0.396 e. The number of nitrogens with one attached hydrogen (secondary N) is 1. The van der Waals surface area contributed by atoms with E-state index in [1.165, 1.54) is 0 Å². The zero-order chi connectivity index (χ0) is 14.4. The van der Waals surface area contributed by atoms with Crippen LogP contribution in [0.1, 0.15) is 51.9 Å². The Morgan fingerprint density at radius 3 is 2.37 bits per heavy atom. The summed E-state index contributed by atoms with van der Waals surface area (Å²) in [5, 5.41) is 7.45. The number of hydrogen-bond donors (Lipinski definition) is 2. The second-order valence-corrected chi connectivity index (χ2v) is 4.75. The van der Waals surface area contributed by atoms with Gasteiger partial charge in [-0.2, -0.15) is 5.10 Å². The van der Waals surface area contributed by atoms with Gasteiger partial charge in [0.1, 0.15) is 6.54 Å². The molecular formula is C14H26N4O. The summed E-state index contributed by atoms with van der Waals surface area (Å²) in [6.07, 6.45) is 3.48. The second-order valence-electron chi connectivity index (χ2n) is 4.75. The van der Waals surface area contributed by atoms with Crippen LogP contribution in [0.15, 0.2) is 0 Å². The van der Waals surface area contributed by atoms with E-state index >= 15 is 0 Å². The highest BCUT2D eigenvalue weighted by molar-refractivity contribution is 5.76. The summed E-state index contributed by atoms with van der Waals surface area (Å²) in [7, 11) is 0. The molecule has 0 spiro atoms. The summed E-state index contributed by atoms with van der Waals surface area (Å²) >= 11 is 0. The van der Waals surface area contributed by atoms with Crippen molar-refractivity contribution in [2.45, 2.75) is 66.0 Å². The number of aromatic nitrogens is 2. The molecule has 5 nitrogen and oxygen atoms in total. The molecule has 0 aliphatic rings. The first-order valence-electron chi connectivity index (χ1n) is 7.20. The van der Waals surface area contributed by atoms with Crippen LogP contribution in [0.4, 0.5) is 5.69 Å². The lowest BCUT2D eigenvalue weighted by Gasteiger charge is -2.15. The van der Waals surface area contributed by atoms with Crippen molar-refractivity contribution < 1.29 is 4.79 Å². The van der Waals surface area contributed by atoms with Crippen molar-refractivity contribution in [3.63, 3.8) is 0 Å². The monoisotopic (exact) mass is 266 g/mol. The third kappa shape index (κ3) is 3.72. The molecule has 1 rings (SSSR count). The summed E-state index contributed by atoms with van der Waals surface area (Å²) in [5.74, 6) is 0.00792. The zero-order valence-electron chi connectivity index (χ0n) is 12.5. The smallest absolute Gasteiger partial charge is 0.241 e. The van der Waals surface area contributed by atoms with E-state index in [0.717, 1.165) is 42.8 Å². The fourth-order valence-electron chi connectivity index (χ4n) is 2.23. The maximum Gasteiger partial charge on any atom is 0.241 e. The molecule has 19 heavy (non-hydrogen) atoms. The van der Waals surface area contributed by atoms with E-state index in [9.17, 15) is 4.79 Å². The lowest BCUT2D eigenvalue weighted by atomic mass is 10.2. The molecule has 0 saturated carbocycles. The third-order valence-corrected chi connectivity index (χ3v) is 3.49. The topological polar surface area (TPSA) is 72.9 Å². The van der Waals surface area contributed by atoms with Gasteiger partial charge in [0.2, 0.25) is 5.91 Å². The van der Waals surface area contributed by atoms with E-state index in [0.29, 0.717) is 0 Å². The number of nitrogen functional groups attached to an aromatic ring is 1. The van der Waals surface area contributed by atoms with Crippen LogP contribution in [0, 0.1) is 0 Å². The van der Waals surface area contributed by atoms with E-state index in [-0.39, 0.29) is 18.5 Å². The average molecular weight is 266 g/mol.